The summed E-state index contributed by atoms with van der Waals surface area (Å²) in [4.78, 5) is 20.9. The topological polar surface area (TPSA) is 72.3 Å². The van der Waals surface area contributed by atoms with Crippen molar-refractivity contribution in [3.63, 3.8) is 0 Å². The first kappa shape index (κ1) is 23.0. The van der Waals surface area contributed by atoms with Gasteiger partial charge >= 0.3 is 0 Å². The van der Waals surface area contributed by atoms with Crippen LogP contribution >= 0.6 is 11.9 Å². The van der Waals surface area contributed by atoms with Gasteiger partial charge in [-0.25, -0.2) is 4.98 Å². The molecule has 8 heteroatoms. The van der Waals surface area contributed by atoms with Gasteiger partial charge in [-0.2, -0.15) is 0 Å². The molecule has 2 aromatic carbocycles. The SMILES string of the molecule is NC1CCCN(C(=O)c2cc3c4c(c2)nc(-c2cc5ccccc5n2CC2CC2)n4CCN3SC2CC2)C1. The highest BCUT2D eigenvalue weighted by Gasteiger charge is 2.33. The number of nitrogens with two attached hydrogens (primary N) is 1. The summed E-state index contributed by atoms with van der Waals surface area (Å²) in [6, 6.07) is 15.2. The molecule has 4 aliphatic rings. The van der Waals surface area contributed by atoms with Crippen LogP contribution in [0.3, 0.4) is 0 Å². The largest absolute Gasteiger partial charge is 0.338 e. The van der Waals surface area contributed by atoms with Gasteiger partial charge in [-0.15, -0.1) is 0 Å². The van der Waals surface area contributed by atoms with Crippen molar-refractivity contribution in [3.8, 4) is 11.5 Å². The van der Waals surface area contributed by atoms with E-state index in [-0.39, 0.29) is 11.9 Å². The Hall–Kier alpha value is -2.97. The summed E-state index contributed by atoms with van der Waals surface area (Å²) in [6.07, 6.45) is 7.14. The van der Waals surface area contributed by atoms with Crippen LogP contribution in [0.4, 0.5) is 5.69 Å². The first-order valence-electron chi connectivity index (χ1n) is 14.2. The maximum Gasteiger partial charge on any atom is 0.254 e. The number of hydrogen-bond donors (Lipinski definition) is 1. The van der Waals surface area contributed by atoms with Gasteiger partial charge in [-0.3, -0.25) is 4.79 Å². The average molecular weight is 527 g/mol. The number of aromatic nitrogens is 3. The molecule has 2 N–H and O–H groups in total. The number of fused-ring (bicyclic) bond motifs is 1. The fourth-order valence-corrected chi connectivity index (χ4v) is 7.42. The minimum absolute atomic E-state index is 0.0657. The van der Waals surface area contributed by atoms with Crippen molar-refractivity contribution >= 4 is 45.5 Å². The number of piperidine rings is 1. The molecular weight excluding hydrogens is 492 g/mol. The van der Waals surface area contributed by atoms with Crippen LogP contribution in [0.2, 0.25) is 0 Å². The van der Waals surface area contributed by atoms with E-state index >= 15 is 0 Å². The summed E-state index contributed by atoms with van der Waals surface area (Å²) in [7, 11) is 0. The van der Waals surface area contributed by atoms with Gasteiger partial charge in [0.1, 0.15) is 0 Å². The second-order valence-electron chi connectivity index (χ2n) is 11.7. The second kappa shape index (κ2) is 8.78. The Morgan fingerprint density at radius 3 is 2.71 bits per heavy atom. The van der Waals surface area contributed by atoms with Crippen molar-refractivity contribution in [1.29, 1.82) is 0 Å². The Balaban J connectivity index is 1.28. The molecule has 1 amide bonds. The van der Waals surface area contributed by atoms with Crippen molar-refractivity contribution in [2.24, 2.45) is 11.7 Å². The summed E-state index contributed by atoms with van der Waals surface area (Å²) < 4.78 is 7.34. The molecule has 38 heavy (non-hydrogen) atoms. The molecule has 2 saturated carbocycles. The zero-order valence-electron chi connectivity index (χ0n) is 21.7. The van der Waals surface area contributed by atoms with Gasteiger partial charge in [-0.1, -0.05) is 18.2 Å². The summed E-state index contributed by atoms with van der Waals surface area (Å²) in [5.74, 6) is 1.87. The summed E-state index contributed by atoms with van der Waals surface area (Å²) in [5, 5.41) is 1.96. The van der Waals surface area contributed by atoms with Crippen LogP contribution in [-0.4, -0.2) is 55.9 Å². The van der Waals surface area contributed by atoms with E-state index in [1.54, 1.807) is 0 Å². The van der Waals surface area contributed by atoms with Crippen molar-refractivity contribution < 1.29 is 4.79 Å². The Morgan fingerprint density at radius 1 is 1.03 bits per heavy atom. The number of imidazole rings is 1. The first-order valence-corrected chi connectivity index (χ1v) is 15.1. The lowest BCUT2D eigenvalue weighted by Gasteiger charge is -2.32. The van der Waals surface area contributed by atoms with E-state index < -0.39 is 0 Å². The number of para-hydroxylation sites is 1. The van der Waals surface area contributed by atoms with Crippen LogP contribution in [0.5, 0.6) is 0 Å². The molecule has 196 valence electrons. The number of anilines is 1. The normalized spacial score (nSPS) is 21.6. The number of nitrogens with zero attached hydrogens (tertiary/aromatic N) is 5. The zero-order chi connectivity index (χ0) is 25.4. The highest BCUT2D eigenvalue weighted by Crippen LogP contribution is 2.45. The molecule has 1 saturated heterocycles. The molecule has 4 heterocycles. The lowest BCUT2D eigenvalue weighted by molar-refractivity contribution is 0.0709. The highest BCUT2D eigenvalue weighted by atomic mass is 32.2. The van der Waals surface area contributed by atoms with Crippen molar-refractivity contribution in [2.45, 2.75) is 62.9 Å². The van der Waals surface area contributed by atoms with Crippen LogP contribution in [-0.2, 0) is 13.1 Å². The van der Waals surface area contributed by atoms with Gasteiger partial charge in [0, 0.05) is 60.5 Å². The Labute approximate surface area is 227 Å². The Bertz CT molecular complexity index is 1560. The first-order chi connectivity index (χ1) is 18.6. The predicted molar refractivity (Wildman–Crippen MR) is 154 cm³/mol. The van der Waals surface area contributed by atoms with Gasteiger partial charge in [-0.05, 0) is 80.7 Å². The summed E-state index contributed by atoms with van der Waals surface area (Å²) >= 11 is 1.95. The van der Waals surface area contributed by atoms with Crippen LogP contribution in [0, 0.1) is 5.92 Å². The minimum atomic E-state index is 0.0657. The molecule has 0 spiro atoms. The second-order valence-corrected chi connectivity index (χ2v) is 13.0. The molecule has 1 atom stereocenters. The molecular formula is C30H34N6OS. The molecule has 0 radical (unpaired) electrons. The smallest absolute Gasteiger partial charge is 0.254 e. The molecule has 2 aliphatic carbocycles. The maximum atomic E-state index is 13.7. The van der Waals surface area contributed by atoms with E-state index in [2.05, 4.69) is 49.8 Å². The van der Waals surface area contributed by atoms with Crippen molar-refractivity contribution in [1.82, 2.24) is 19.0 Å². The van der Waals surface area contributed by atoms with E-state index in [4.69, 9.17) is 10.7 Å². The molecule has 2 aliphatic heterocycles. The number of amides is 1. The number of likely N-dealkylation sites (tertiary alicyclic amines) is 1. The standard InChI is InChI=1S/C30H34N6OS/c31-22-5-3-11-33(18-22)30(37)21-14-24-28-26(16-21)36(38-23-9-10-23)13-12-34(28)29(32-24)27-15-20-4-1-2-6-25(20)35(27)17-19-7-8-19/h1-2,4,6,14-16,19,22-23H,3,5,7-13,17-18,31H2. The molecule has 1 unspecified atom stereocenters. The predicted octanol–water partition coefficient (Wildman–Crippen LogP) is 5.26. The number of hydrogen-bond acceptors (Lipinski definition) is 5. The number of carbonyl (C=O) groups excluding carboxylic acids is 1. The average Bonchev–Trinajstić information content (AvgIpc) is 3.86. The van der Waals surface area contributed by atoms with Crippen LogP contribution in [0.25, 0.3) is 33.5 Å². The molecule has 2 aromatic heterocycles. The summed E-state index contributed by atoms with van der Waals surface area (Å²) in [6.45, 7) is 4.27. The van der Waals surface area contributed by atoms with Crippen molar-refractivity contribution in [3.05, 3.63) is 48.0 Å². The summed E-state index contributed by atoms with van der Waals surface area (Å²) in [5.41, 5.74) is 12.7. The zero-order valence-corrected chi connectivity index (χ0v) is 22.5. The minimum Gasteiger partial charge on any atom is -0.338 e. The molecule has 8 rings (SSSR count). The van der Waals surface area contributed by atoms with Gasteiger partial charge in [0.05, 0.1) is 22.4 Å². The number of rotatable bonds is 6. The van der Waals surface area contributed by atoms with Crippen molar-refractivity contribution in [2.75, 3.05) is 23.9 Å². The van der Waals surface area contributed by atoms with Gasteiger partial charge in [0.25, 0.3) is 5.91 Å². The van der Waals surface area contributed by atoms with E-state index in [0.717, 1.165) is 73.0 Å². The van der Waals surface area contributed by atoms with Crippen LogP contribution < -0.4 is 10.0 Å². The number of carbonyl (C=O) groups is 1. The Morgan fingerprint density at radius 2 is 1.89 bits per heavy atom. The molecule has 3 fully saturated rings. The van der Waals surface area contributed by atoms with E-state index in [1.807, 2.05) is 22.9 Å². The Kier molecular flexibility index (Phi) is 5.31. The molecule has 0 bridgehead atoms. The lowest BCUT2D eigenvalue weighted by atomic mass is 10.0. The third-order valence-corrected chi connectivity index (χ3v) is 9.99. The van der Waals surface area contributed by atoms with Gasteiger partial charge < -0.3 is 24.1 Å². The maximum absolute atomic E-state index is 13.7. The molecule has 7 nitrogen and oxygen atoms in total. The monoisotopic (exact) mass is 526 g/mol. The number of benzene rings is 2. The third kappa shape index (κ3) is 3.92. The fourth-order valence-electron chi connectivity index (χ4n) is 6.28. The van der Waals surface area contributed by atoms with Crippen LogP contribution in [0.1, 0.15) is 48.9 Å². The lowest BCUT2D eigenvalue weighted by Crippen LogP contribution is -2.45. The van der Waals surface area contributed by atoms with E-state index in [0.29, 0.717) is 11.8 Å². The van der Waals surface area contributed by atoms with E-state index in [9.17, 15) is 4.79 Å². The molecule has 4 aromatic rings. The fraction of sp³-hybridized carbons (Fsp3) is 0.467. The van der Waals surface area contributed by atoms with Gasteiger partial charge in [0.2, 0.25) is 0 Å². The van der Waals surface area contributed by atoms with Crippen LogP contribution in [0.15, 0.2) is 42.5 Å². The quantitative estimate of drug-likeness (QED) is 0.347. The third-order valence-electron chi connectivity index (χ3n) is 8.59. The highest BCUT2D eigenvalue weighted by molar-refractivity contribution is 8.01. The van der Waals surface area contributed by atoms with Gasteiger partial charge in [0.15, 0.2) is 5.82 Å². The van der Waals surface area contributed by atoms with E-state index in [1.165, 1.54) is 42.3 Å².